The second kappa shape index (κ2) is 23.1. The van der Waals surface area contributed by atoms with Gasteiger partial charge in [-0.25, -0.2) is 0 Å². The summed E-state index contributed by atoms with van der Waals surface area (Å²) in [5.74, 6) is 0. The first-order chi connectivity index (χ1) is 3.46. The van der Waals surface area contributed by atoms with Gasteiger partial charge in [0.15, 0.2) is 0 Å². The van der Waals surface area contributed by atoms with E-state index in [0.717, 1.165) is 0 Å². The van der Waals surface area contributed by atoms with E-state index in [1.807, 2.05) is 0 Å². The van der Waals surface area contributed by atoms with E-state index in [9.17, 15) is 0 Å². The van der Waals surface area contributed by atoms with Crippen molar-refractivity contribution in [2.45, 2.75) is 0 Å². The molecular formula is N4O6Zn. The summed E-state index contributed by atoms with van der Waals surface area (Å²) in [7, 11) is 0. The van der Waals surface area contributed by atoms with Gasteiger partial charge in [0.1, 0.15) is 0 Å². The van der Waals surface area contributed by atoms with Crippen molar-refractivity contribution in [2.75, 3.05) is 0 Å². The first-order valence-electron chi connectivity index (χ1n) is 1.10. The van der Waals surface area contributed by atoms with E-state index in [-0.39, 0.29) is 31.8 Å². The van der Waals surface area contributed by atoms with E-state index in [0.29, 0.717) is 0 Å². The first kappa shape index (κ1) is 32.5. The molecule has 0 heterocycles. The van der Waals surface area contributed by atoms with Crippen LogP contribution in [0.1, 0.15) is 0 Å². The van der Waals surface area contributed by atoms with Crippen molar-refractivity contribution in [3.8, 4) is 0 Å². The molecule has 11 heavy (non-hydrogen) atoms. The van der Waals surface area contributed by atoms with Crippen molar-refractivity contribution < 1.29 is 29.7 Å². The average molecular weight is 217 g/mol. The topological polar surface area (TPSA) is 193 Å². The minimum absolute atomic E-state index is 0. The molecule has 0 aromatic carbocycles. The molecule has 0 amide bonds. The summed E-state index contributed by atoms with van der Waals surface area (Å²) < 4.78 is 0. The Labute approximate surface area is 73.3 Å². The molecule has 0 spiro atoms. The van der Waals surface area contributed by atoms with Gasteiger partial charge in [0.25, 0.3) is 0 Å². The molecule has 10 nitrogen and oxygen atoms in total. The molecule has 6 radical (unpaired) electrons. The van der Waals surface area contributed by atoms with Gasteiger partial charge in [0, 0.05) is 12.3 Å². The van der Waals surface area contributed by atoms with Gasteiger partial charge in [-0.15, -0.1) is 0 Å². The smallest absolute Gasteiger partial charge is 0.356 e. The van der Waals surface area contributed by atoms with Crippen molar-refractivity contribution in [3.63, 3.8) is 0 Å². The van der Waals surface area contributed by atoms with Crippen molar-refractivity contribution >= 4 is 0 Å². The Morgan fingerprint density at radius 1 is 0.727 bits per heavy atom. The number of hydrogen-bond donors (Lipinski definition) is 0. The van der Waals surface area contributed by atoms with E-state index in [1.54, 1.807) is 0 Å². The summed E-state index contributed by atoms with van der Waals surface area (Å²) in [5.41, 5.74) is 0. The first-order valence-corrected chi connectivity index (χ1v) is 1.10. The Morgan fingerprint density at radius 2 is 0.727 bits per heavy atom. The second-order valence-corrected chi connectivity index (χ2v) is 0.447. The van der Waals surface area contributed by atoms with Crippen LogP contribution in [-0.2, 0) is 19.5 Å². The maximum Gasteiger partial charge on any atom is 2.00 e. The zero-order valence-electron chi connectivity index (χ0n) is 4.95. The van der Waals surface area contributed by atoms with E-state index in [4.69, 9.17) is 30.6 Å². The van der Waals surface area contributed by atoms with Crippen molar-refractivity contribution in [1.29, 1.82) is 0 Å². The Hall–Kier alpha value is -1.06. The van der Waals surface area contributed by atoms with E-state index < -0.39 is 10.2 Å². The van der Waals surface area contributed by atoms with Crippen LogP contribution < -0.4 is 12.3 Å². The maximum atomic E-state index is 8.25. The zero-order valence-corrected chi connectivity index (χ0v) is 7.91. The number of rotatable bonds is 0. The fourth-order valence-corrected chi connectivity index (χ4v) is 0. The summed E-state index contributed by atoms with van der Waals surface area (Å²) in [6.45, 7) is 0. The second-order valence-electron chi connectivity index (χ2n) is 0.447. The molecule has 0 aliphatic heterocycles. The Bertz CT molecular complexity index is 72.6. The molecule has 0 saturated heterocycles. The molecule has 0 fully saturated rings. The third-order valence-corrected chi connectivity index (χ3v) is 0. The van der Waals surface area contributed by atoms with Gasteiger partial charge >= 0.3 is 19.5 Å². The van der Waals surface area contributed by atoms with Crippen molar-refractivity contribution in [2.24, 2.45) is 0 Å². The van der Waals surface area contributed by atoms with Gasteiger partial charge in [0.2, 0.25) is 0 Å². The third kappa shape index (κ3) is 386. The molecule has 0 aliphatic carbocycles. The molecule has 0 aliphatic rings. The number of nitrogens with zero attached hydrogens (tertiary/aromatic N) is 4. The van der Waals surface area contributed by atoms with Crippen molar-refractivity contribution in [3.05, 3.63) is 30.6 Å². The average Bonchev–Trinajstić information content (AvgIpc) is 1.25. The van der Waals surface area contributed by atoms with Crippen LogP contribution >= 0.6 is 0 Å². The van der Waals surface area contributed by atoms with Crippen LogP contribution in [0.15, 0.2) is 0 Å². The molecule has 0 atom stereocenters. The molecule has 0 N–H and O–H groups in total. The summed E-state index contributed by atoms with van der Waals surface area (Å²) in [4.78, 5) is 16.5. The van der Waals surface area contributed by atoms with Gasteiger partial charge in [-0.05, 0) is 0 Å². The minimum Gasteiger partial charge on any atom is -0.356 e. The van der Waals surface area contributed by atoms with Crippen LogP contribution in [-0.4, -0.2) is 10.2 Å². The maximum absolute atomic E-state index is 8.25. The van der Waals surface area contributed by atoms with Crippen LogP contribution in [0.3, 0.4) is 0 Å². The summed E-state index contributed by atoms with van der Waals surface area (Å²) in [6, 6.07) is 0. The summed E-state index contributed by atoms with van der Waals surface area (Å²) >= 11 is 0. The number of hydrogen-bond acceptors (Lipinski definition) is 6. The van der Waals surface area contributed by atoms with Crippen LogP contribution in [0.4, 0.5) is 0 Å². The Morgan fingerprint density at radius 3 is 0.727 bits per heavy atom. The normalized spacial score (nSPS) is 4.36. The van der Waals surface area contributed by atoms with E-state index >= 15 is 0 Å². The SMILES string of the molecule is O=[N+]([O-])[O-].O=[N+]([O-])[O-].[N].[N].[Zn+2]. The van der Waals surface area contributed by atoms with Crippen LogP contribution in [0.5, 0.6) is 0 Å². The van der Waals surface area contributed by atoms with Gasteiger partial charge in [-0.1, -0.05) is 0 Å². The van der Waals surface area contributed by atoms with Gasteiger partial charge in [0.05, 0.1) is 10.2 Å². The van der Waals surface area contributed by atoms with E-state index in [1.165, 1.54) is 0 Å². The largest absolute Gasteiger partial charge is 2.00 e. The van der Waals surface area contributed by atoms with E-state index in [2.05, 4.69) is 0 Å². The van der Waals surface area contributed by atoms with Gasteiger partial charge in [-0.3, -0.25) is 0 Å². The quantitative estimate of drug-likeness (QED) is 0.270. The monoisotopic (exact) mass is 216 g/mol. The van der Waals surface area contributed by atoms with Crippen molar-refractivity contribution in [1.82, 2.24) is 12.3 Å². The summed E-state index contributed by atoms with van der Waals surface area (Å²) in [5, 5.41) is 29.5. The van der Waals surface area contributed by atoms with Gasteiger partial charge < -0.3 is 30.6 Å². The molecule has 58 valence electrons. The zero-order chi connectivity index (χ0) is 7.15. The van der Waals surface area contributed by atoms with Crippen LogP contribution in [0, 0.1) is 30.6 Å². The molecule has 11 heteroatoms. The predicted molar refractivity (Wildman–Crippen MR) is 25.0 cm³/mol. The molecule has 0 saturated carbocycles. The third-order valence-electron chi connectivity index (χ3n) is 0. The fourth-order valence-electron chi connectivity index (χ4n) is 0. The fraction of sp³-hybridized carbons (Fsp3) is 0. The van der Waals surface area contributed by atoms with Crippen LogP contribution in [0.25, 0.3) is 0 Å². The molecule has 0 rings (SSSR count). The van der Waals surface area contributed by atoms with Crippen LogP contribution in [0.2, 0.25) is 0 Å². The minimum atomic E-state index is -1.75. The molecule has 0 aromatic heterocycles. The predicted octanol–water partition coefficient (Wildman–Crippen LogP) is -1.44. The van der Waals surface area contributed by atoms with Gasteiger partial charge in [-0.2, -0.15) is 0 Å². The molecule has 0 aromatic rings. The molecule has 0 unspecified atom stereocenters. The molecule has 0 bridgehead atoms. The Kier molecular flexibility index (Phi) is 68.3. The summed E-state index contributed by atoms with van der Waals surface area (Å²) in [6.07, 6.45) is 0. The molecular weight excluding hydrogens is 217 g/mol. The standard InChI is InChI=1S/2NO3.2N.Zn/c2*2-1(3)4;;;/q2*-1;;;+2. The Balaban J connectivity index is -0.0000000171.